The molecule has 21 heavy (non-hydrogen) atoms. The topological polar surface area (TPSA) is 78.3 Å². The lowest BCUT2D eigenvalue weighted by atomic mass is 9.87. The van der Waals surface area contributed by atoms with Crippen LogP contribution in [0.3, 0.4) is 0 Å². The van der Waals surface area contributed by atoms with E-state index in [9.17, 15) is 9.18 Å². The second-order valence-corrected chi connectivity index (χ2v) is 4.73. The van der Waals surface area contributed by atoms with E-state index in [-0.39, 0.29) is 18.8 Å². The van der Waals surface area contributed by atoms with E-state index in [2.05, 4.69) is 0 Å². The largest absolute Gasteiger partial charge is 0.490 e. The Labute approximate surface area is 122 Å². The van der Waals surface area contributed by atoms with Crippen LogP contribution in [-0.4, -0.2) is 12.5 Å². The van der Waals surface area contributed by atoms with Crippen LogP contribution >= 0.6 is 0 Å². The molecular weight excluding hydrogens is 271 g/mol. The van der Waals surface area contributed by atoms with Crippen molar-refractivity contribution in [2.45, 2.75) is 12.0 Å². The van der Waals surface area contributed by atoms with Gasteiger partial charge in [0.15, 0.2) is 11.6 Å². The first-order chi connectivity index (χ1) is 10.0. The first-order valence-electron chi connectivity index (χ1n) is 6.55. The van der Waals surface area contributed by atoms with E-state index >= 15 is 0 Å². The number of benzene rings is 2. The van der Waals surface area contributed by atoms with Gasteiger partial charge < -0.3 is 16.2 Å². The molecule has 0 aliphatic rings. The van der Waals surface area contributed by atoms with Gasteiger partial charge in [0.2, 0.25) is 5.91 Å². The third-order valence-electron chi connectivity index (χ3n) is 3.32. The number of primary amides is 1. The highest BCUT2D eigenvalue weighted by molar-refractivity contribution is 5.85. The van der Waals surface area contributed by atoms with Gasteiger partial charge in [-0.1, -0.05) is 42.5 Å². The molecule has 2 aromatic rings. The van der Waals surface area contributed by atoms with E-state index in [0.717, 1.165) is 0 Å². The maximum atomic E-state index is 13.4. The van der Waals surface area contributed by atoms with E-state index in [1.54, 1.807) is 36.4 Å². The smallest absolute Gasteiger partial charge is 0.242 e. The maximum Gasteiger partial charge on any atom is 0.242 e. The van der Waals surface area contributed by atoms with Crippen LogP contribution in [0.2, 0.25) is 0 Å². The van der Waals surface area contributed by atoms with Crippen LogP contribution in [0.4, 0.5) is 4.39 Å². The van der Waals surface area contributed by atoms with Crippen molar-refractivity contribution in [2.24, 2.45) is 11.5 Å². The summed E-state index contributed by atoms with van der Waals surface area (Å²) in [5, 5.41) is 0. The molecule has 0 saturated heterocycles. The molecule has 0 radical (unpaired) electrons. The Kier molecular flexibility index (Phi) is 4.55. The molecule has 2 aromatic carbocycles. The molecule has 0 aliphatic carbocycles. The van der Waals surface area contributed by atoms with Crippen LogP contribution in [0, 0.1) is 5.82 Å². The molecule has 0 spiro atoms. The predicted octanol–water partition coefficient (Wildman–Crippen LogP) is 1.93. The van der Waals surface area contributed by atoms with Gasteiger partial charge in [-0.05, 0) is 17.7 Å². The molecule has 1 atom stereocenters. The van der Waals surface area contributed by atoms with Crippen molar-refractivity contribution in [3.8, 4) is 5.75 Å². The Morgan fingerprint density at radius 1 is 1.10 bits per heavy atom. The highest BCUT2D eigenvalue weighted by Gasteiger charge is 2.33. The monoisotopic (exact) mass is 288 g/mol. The molecule has 0 heterocycles. The molecule has 4 N–H and O–H groups in total. The molecule has 0 fully saturated rings. The number of carbonyl (C=O) groups excluding carboxylic acids is 1. The number of rotatable bonds is 6. The first-order valence-corrected chi connectivity index (χ1v) is 6.55. The fraction of sp³-hybridized carbons (Fsp3) is 0.188. The van der Waals surface area contributed by atoms with Crippen molar-refractivity contribution in [1.82, 2.24) is 0 Å². The summed E-state index contributed by atoms with van der Waals surface area (Å²) in [6.07, 6.45) is 0.153. The van der Waals surface area contributed by atoms with Crippen molar-refractivity contribution < 1.29 is 13.9 Å². The Balaban J connectivity index is 2.08. The number of ether oxygens (including phenoxy) is 1. The summed E-state index contributed by atoms with van der Waals surface area (Å²) in [4.78, 5) is 11.7. The van der Waals surface area contributed by atoms with Gasteiger partial charge in [-0.25, -0.2) is 4.39 Å². The van der Waals surface area contributed by atoms with E-state index in [1.165, 1.54) is 12.1 Å². The van der Waals surface area contributed by atoms with Crippen LogP contribution in [0.5, 0.6) is 5.75 Å². The van der Waals surface area contributed by atoms with Crippen LogP contribution in [0.25, 0.3) is 0 Å². The zero-order valence-electron chi connectivity index (χ0n) is 11.5. The van der Waals surface area contributed by atoms with Crippen molar-refractivity contribution >= 4 is 5.91 Å². The number of hydrogen-bond acceptors (Lipinski definition) is 3. The zero-order valence-corrected chi connectivity index (χ0v) is 11.5. The van der Waals surface area contributed by atoms with Crippen LogP contribution in [0.15, 0.2) is 54.6 Å². The fourth-order valence-corrected chi connectivity index (χ4v) is 2.03. The number of hydrogen-bond donors (Lipinski definition) is 2. The Morgan fingerprint density at radius 2 is 1.71 bits per heavy atom. The second kappa shape index (κ2) is 6.37. The molecule has 0 saturated carbocycles. The average Bonchev–Trinajstić information content (AvgIpc) is 2.49. The third kappa shape index (κ3) is 3.38. The van der Waals surface area contributed by atoms with Gasteiger partial charge in [-0.3, -0.25) is 4.79 Å². The van der Waals surface area contributed by atoms with E-state index in [4.69, 9.17) is 16.2 Å². The Morgan fingerprint density at radius 3 is 2.33 bits per heavy atom. The van der Waals surface area contributed by atoms with Crippen LogP contribution in [-0.2, 0) is 10.3 Å². The van der Waals surface area contributed by atoms with Crippen molar-refractivity contribution in [3.05, 3.63) is 66.0 Å². The summed E-state index contributed by atoms with van der Waals surface area (Å²) in [6, 6.07) is 14.9. The summed E-state index contributed by atoms with van der Waals surface area (Å²) >= 11 is 0. The number of halogens is 1. The van der Waals surface area contributed by atoms with Gasteiger partial charge in [-0.15, -0.1) is 0 Å². The molecular formula is C16H17FN2O2. The van der Waals surface area contributed by atoms with Crippen molar-refractivity contribution in [3.63, 3.8) is 0 Å². The summed E-state index contributed by atoms with van der Waals surface area (Å²) in [7, 11) is 0. The molecule has 1 unspecified atom stereocenters. The maximum absolute atomic E-state index is 13.4. The molecule has 110 valence electrons. The summed E-state index contributed by atoms with van der Waals surface area (Å²) in [5.41, 5.74) is 10.8. The van der Waals surface area contributed by atoms with E-state index in [1.807, 2.05) is 6.07 Å². The van der Waals surface area contributed by atoms with E-state index in [0.29, 0.717) is 5.56 Å². The quantitative estimate of drug-likeness (QED) is 0.852. The number of carbonyl (C=O) groups is 1. The van der Waals surface area contributed by atoms with Crippen LogP contribution < -0.4 is 16.2 Å². The normalized spacial score (nSPS) is 13.4. The predicted molar refractivity (Wildman–Crippen MR) is 78.0 cm³/mol. The number of para-hydroxylation sites is 1. The van der Waals surface area contributed by atoms with Gasteiger partial charge in [0.1, 0.15) is 5.54 Å². The molecule has 1 amide bonds. The van der Waals surface area contributed by atoms with Gasteiger partial charge in [0.25, 0.3) is 0 Å². The van der Waals surface area contributed by atoms with Crippen LogP contribution in [0.1, 0.15) is 12.0 Å². The minimum atomic E-state index is -1.34. The minimum Gasteiger partial charge on any atom is -0.490 e. The third-order valence-corrected chi connectivity index (χ3v) is 3.32. The summed E-state index contributed by atoms with van der Waals surface area (Å²) < 4.78 is 18.8. The Hall–Kier alpha value is -2.40. The van der Waals surface area contributed by atoms with Gasteiger partial charge in [-0.2, -0.15) is 0 Å². The first kappa shape index (κ1) is 15.0. The zero-order chi connectivity index (χ0) is 15.3. The number of nitrogens with two attached hydrogens (primary N) is 2. The van der Waals surface area contributed by atoms with Gasteiger partial charge in [0.05, 0.1) is 6.61 Å². The molecule has 4 nitrogen and oxygen atoms in total. The highest BCUT2D eigenvalue weighted by atomic mass is 19.1. The molecule has 0 aliphatic heterocycles. The van der Waals surface area contributed by atoms with Gasteiger partial charge >= 0.3 is 0 Å². The lowest BCUT2D eigenvalue weighted by Crippen LogP contribution is -2.50. The lowest BCUT2D eigenvalue weighted by molar-refractivity contribution is -0.124. The molecule has 5 heteroatoms. The lowest BCUT2D eigenvalue weighted by Gasteiger charge is -2.26. The molecule has 0 bridgehead atoms. The van der Waals surface area contributed by atoms with E-state index < -0.39 is 17.3 Å². The standard InChI is InChI=1S/C16H17FN2O2/c17-13-8-4-5-9-14(13)21-11-10-16(19,15(18)20)12-6-2-1-3-7-12/h1-9H,10-11,19H2,(H2,18,20). The van der Waals surface area contributed by atoms with Gasteiger partial charge in [0, 0.05) is 6.42 Å². The fourth-order valence-electron chi connectivity index (χ4n) is 2.03. The molecule has 2 rings (SSSR count). The average molecular weight is 288 g/mol. The summed E-state index contributed by atoms with van der Waals surface area (Å²) in [5.74, 6) is -0.984. The SMILES string of the molecule is NC(=O)C(N)(CCOc1ccccc1F)c1ccccc1. The van der Waals surface area contributed by atoms with Crippen molar-refractivity contribution in [2.75, 3.05) is 6.61 Å². The number of amides is 1. The molecule has 0 aromatic heterocycles. The second-order valence-electron chi connectivity index (χ2n) is 4.73. The van der Waals surface area contributed by atoms with Crippen molar-refractivity contribution in [1.29, 1.82) is 0 Å². The highest BCUT2D eigenvalue weighted by Crippen LogP contribution is 2.23. The summed E-state index contributed by atoms with van der Waals surface area (Å²) in [6.45, 7) is 0.0786. The Bertz CT molecular complexity index is 619. The minimum absolute atomic E-state index is 0.0786.